The summed E-state index contributed by atoms with van der Waals surface area (Å²) in [6.45, 7) is 5.42. The molecule has 0 aliphatic carbocycles. The molecule has 2 saturated heterocycles. The number of para-hydroxylation sites is 1. The molecule has 3 atom stereocenters. The molecule has 12 nitrogen and oxygen atoms in total. The number of benzene rings is 4. The molecule has 278 valence electrons. The Morgan fingerprint density at radius 3 is 2.43 bits per heavy atom. The minimum atomic E-state index is -4.39. The lowest BCUT2D eigenvalue weighted by Gasteiger charge is -2.56. The molecule has 2 fully saturated rings. The van der Waals surface area contributed by atoms with Crippen LogP contribution in [0.2, 0.25) is 5.02 Å². The van der Waals surface area contributed by atoms with E-state index >= 15 is 13.2 Å². The van der Waals surface area contributed by atoms with Gasteiger partial charge in [0.05, 0.1) is 28.5 Å². The summed E-state index contributed by atoms with van der Waals surface area (Å²) >= 11 is 6.53. The van der Waals surface area contributed by atoms with Crippen LogP contribution in [0.25, 0.3) is 10.9 Å². The van der Waals surface area contributed by atoms with E-state index < -0.39 is 45.3 Å². The summed E-state index contributed by atoms with van der Waals surface area (Å²) in [4.78, 5) is 49.4. The summed E-state index contributed by atoms with van der Waals surface area (Å²) in [5.41, 5.74) is 3.01. The Hall–Kier alpha value is -5.63. The van der Waals surface area contributed by atoms with Crippen LogP contribution in [0.15, 0.2) is 121 Å². The van der Waals surface area contributed by atoms with E-state index in [1.165, 1.54) is 39.1 Å². The highest BCUT2D eigenvalue weighted by molar-refractivity contribution is 7.91. The standard InChI is InChI=1S/C40H39ClN6O6S/c1-3-20-44-25-36(49)46-34(21-27-14-16-29(48)17-15-27)38(50)45(24-35(46)47(44)40(51)43-22-28-8-5-4-6-9-28)39(54(52,53)30-18-12-26(2)13-19-30)32-11-7-10-31-33(41)23-42-37(31)32/h3-19,23,34-35,39,42,48H,1,20-22,24-25H2,2H3,(H,43,51). The lowest BCUT2D eigenvalue weighted by atomic mass is 9.98. The van der Waals surface area contributed by atoms with Gasteiger partial charge in [0, 0.05) is 36.7 Å². The van der Waals surface area contributed by atoms with Crippen molar-refractivity contribution in [2.24, 2.45) is 0 Å². The second kappa shape index (κ2) is 15.0. The van der Waals surface area contributed by atoms with E-state index in [4.69, 9.17) is 11.6 Å². The number of piperazine rings is 1. The Morgan fingerprint density at radius 1 is 1.00 bits per heavy atom. The molecular weight excluding hydrogens is 728 g/mol. The van der Waals surface area contributed by atoms with Gasteiger partial charge in [-0.15, -0.1) is 6.58 Å². The number of phenolic OH excluding ortho intramolecular Hbond substituents is 1. The topological polar surface area (TPSA) is 146 Å². The normalized spacial score (nSPS) is 18.4. The number of fused-ring (bicyclic) bond motifs is 2. The van der Waals surface area contributed by atoms with Crippen molar-refractivity contribution >= 4 is 50.2 Å². The van der Waals surface area contributed by atoms with Crippen molar-refractivity contribution in [1.29, 1.82) is 0 Å². The van der Waals surface area contributed by atoms with Crippen molar-refractivity contribution in [2.75, 3.05) is 19.6 Å². The second-order valence-corrected chi connectivity index (χ2v) is 15.8. The van der Waals surface area contributed by atoms with Crippen LogP contribution in [0.1, 0.15) is 27.6 Å². The minimum Gasteiger partial charge on any atom is -0.508 e. The van der Waals surface area contributed by atoms with E-state index in [1.54, 1.807) is 59.7 Å². The number of rotatable bonds is 10. The summed E-state index contributed by atoms with van der Waals surface area (Å²) in [5.74, 6) is -1.02. The van der Waals surface area contributed by atoms with Gasteiger partial charge in [0.1, 0.15) is 18.0 Å². The number of nitrogens with one attached hydrogen (secondary N) is 2. The average Bonchev–Trinajstić information content (AvgIpc) is 3.54. The fourth-order valence-corrected chi connectivity index (χ4v) is 9.33. The smallest absolute Gasteiger partial charge is 0.334 e. The number of hydrogen-bond acceptors (Lipinski definition) is 7. The summed E-state index contributed by atoms with van der Waals surface area (Å²) in [6.07, 6.45) is 1.99. The zero-order valence-electron chi connectivity index (χ0n) is 29.4. The number of urea groups is 1. The third-order valence-corrected chi connectivity index (χ3v) is 12.2. The van der Waals surface area contributed by atoms with Crippen molar-refractivity contribution in [1.82, 2.24) is 30.1 Å². The summed E-state index contributed by atoms with van der Waals surface area (Å²) in [7, 11) is -4.39. The van der Waals surface area contributed by atoms with Gasteiger partial charge in [-0.3, -0.25) is 9.59 Å². The third kappa shape index (κ3) is 6.93. The van der Waals surface area contributed by atoms with Gasteiger partial charge in [0.15, 0.2) is 5.37 Å². The molecule has 2 aliphatic heterocycles. The van der Waals surface area contributed by atoms with Gasteiger partial charge in [0.25, 0.3) is 0 Å². The van der Waals surface area contributed by atoms with E-state index in [9.17, 15) is 14.7 Å². The van der Waals surface area contributed by atoms with Gasteiger partial charge >= 0.3 is 6.03 Å². The number of carbonyl (C=O) groups excluding carboxylic acids is 3. The molecule has 54 heavy (non-hydrogen) atoms. The lowest BCUT2D eigenvalue weighted by molar-refractivity contribution is -0.189. The quantitative estimate of drug-likeness (QED) is 0.158. The highest BCUT2D eigenvalue weighted by Gasteiger charge is 2.54. The van der Waals surface area contributed by atoms with E-state index in [2.05, 4.69) is 16.9 Å². The zero-order valence-corrected chi connectivity index (χ0v) is 31.0. The van der Waals surface area contributed by atoms with E-state index in [1.807, 2.05) is 37.3 Å². The largest absolute Gasteiger partial charge is 0.508 e. The summed E-state index contributed by atoms with van der Waals surface area (Å²) in [5, 5.41) is 15.3. The van der Waals surface area contributed by atoms with Gasteiger partial charge in [0.2, 0.25) is 21.7 Å². The van der Waals surface area contributed by atoms with Crippen molar-refractivity contribution in [3.63, 3.8) is 0 Å². The monoisotopic (exact) mass is 766 g/mol. The molecule has 2 aliphatic rings. The number of hydrazine groups is 1. The molecule has 4 amide bonds. The number of carbonyl (C=O) groups is 3. The highest BCUT2D eigenvalue weighted by Crippen LogP contribution is 2.41. The summed E-state index contributed by atoms with van der Waals surface area (Å²) < 4.78 is 30.1. The maximum Gasteiger partial charge on any atom is 0.334 e. The van der Waals surface area contributed by atoms with Crippen molar-refractivity contribution < 1.29 is 27.9 Å². The van der Waals surface area contributed by atoms with Crippen molar-refractivity contribution in [3.8, 4) is 5.75 Å². The first kappa shape index (κ1) is 36.7. The first-order valence-electron chi connectivity index (χ1n) is 17.4. The molecule has 3 heterocycles. The van der Waals surface area contributed by atoms with Crippen molar-refractivity contribution in [2.45, 2.75) is 42.4 Å². The molecule has 0 spiro atoms. The number of amides is 4. The number of hydrogen-bond donors (Lipinski definition) is 3. The van der Waals surface area contributed by atoms with E-state index in [0.29, 0.717) is 21.5 Å². The van der Waals surface area contributed by atoms with Crippen LogP contribution < -0.4 is 5.32 Å². The molecule has 1 aromatic heterocycles. The van der Waals surface area contributed by atoms with Crippen LogP contribution in [0.3, 0.4) is 0 Å². The predicted octanol–water partition coefficient (Wildman–Crippen LogP) is 5.54. The maximum absolute atomic E-state index is 15.1. The SMILES string of the molecule is C=CCN1CC(=O)N2C(Cc3ccc(O)cc3)C(=O)N(C(c3cccc4c(Cl)c[nH]c34)S(=O)(=O)c3ccc(C)cc3)CC2N1C(=O)NCc1ccccc1. The molecular formula is C40H39ClN6O6S. The highest BCUT2D eigenvalue weighted by atomic mass is 35.5. The van der Waals surface area contributed by atoms with Crippen LogP contribution in [0.5, 0.6) is 5.75 Å². The van der Waals surface area contributed by atoms with Crippen LogP contribution in [0, 0.1) is 6.92 Å². The van der Waals surface area contributed by atoms with Gasteiger partial charge < -0.3 is 25.2 Å². The van der Waals surface area contributed by atoms with Crippen LogP contribution in [0.4, 0.5) is 4.79 Å². The molecule has 4 aromatic carbocycles. The van der Waals surface area contributed by atoms with Crippen LogP contribution >= 0.6 is 11.6 Å². The maximum atomic E-state index is 15.1. The summed E-state index contributed by atoms with van der Waals surface area (Å²) in [6, 6.07) is 25.3. The number of aromatic hydroxyl groups is 1. The predicted molar refractivity (Wildman–Crippen MR) is 205 cm³/mol. The number of H-pyrrole nitrogens is 1. The molecule has 7 rings (SSSR count). The fraction of sp³-hybridized carbons (Fsp3) is 0.225. The zero-order chi connectivity index (χ0) is 38.1. The van der Waals surface area contributed by atoms with Crippen LogP contribution in [-0.4, -0.2) is 88.0 Å². The number of aryl methyl sites for hydroxylation is 1. The number of sulfone groups is 1. The average molecular weight is 767 g/mol. The number of aromatic nitrogens is 1. The molecule has 14 heteroatoms. The molecule has 0 saturated carbocycles. The van der Waals surface area contributed by atoms with Gasteiger partial charge in [-0.05, 0) is 42.3 Å². The van der Waals surface area contributed by atoms with Crippen molar-refractivity contribution in [3.05, 3.63) is 143 Å². The van der Waals surface area contributed by atoms with Crippen LogP contribution in [-0.2, 0) is 32.4 Å². The Bertz CT molecular complexity index is 2320. The van der Waals surface area contributed by atoms with E-state index in [0.717, 1.165) is 11.1 Å². The number of aromatic amines is 1. The van der Waals surface area contributed by atoms with Gasteiger partial charge in [-0.2, -0.15) is 0 Å². The second-order valence-electron chi connectivity index (χ2n) is 13.4. The Kier molecular flexibility index (Phi) is 10.2. The first-order valence-corrected chi connectivity index (χ1v) is 19.3. The molecule has 0 radical (unpaired) electrons. The Morgan fingerprint density at radius 2 is 1.72 bits per heavy atom. The van der Waals surface area contributed by atoms with Gasteiger partial charge in [-0.25, -0.2) is 23.2 Å². The third-order valence-electron chi connectivity index (χ3n) is 9.87. The Labute approximate surface area is 318 Å². The number of halogens is 1. The Balaban J connectivity index is 1.40. The molecule has 0 bridgehead atoms. The first-order chi connectivity index (χ1) is 26.0. The number of phenols is 1. The molecule has 5 aromatic rings. The molecule has 3 N–H and O–H groups in total. The van der Waals surface area contributed by atoms with E-state index in [-0.39, 0.29) is 48.8 Å². The minimum absolute atomic E-state index is 0.0106. The molecule has 3 unspecified atom stereocenters. The fourth-order valence-electron chi connectivity index (χ4n) is 7.29. The van der Waals surface area contributed by atoms with Gasteiger partial charge in [-0.1, -0.05) is 96.0 Å². The number of nitrogens with zero attached hydrogens (tertiary/aromatic N) is 4. The lowest BCUT2D eigenvalue weighted by Crippen LogP contribution is -2.77.